The Morgan fingerprint density at radius 2 is 1.71 bits per heavy atom. The summed E-state index contributed by atoms with van der Waals surface area (Å²) in [4.78, 5) is 45.4. The van der Waals surface area contributed by atoms with Gasteiger partial charge >= 0.3 is 0 Å². The maximum absolute atomic E-state index is 13.8. The predicted octanol–water partition coefficient (Wildman–Crippen LogP) is 4.45. The number of nitrogens with one attached hydrogen (secondary N) is 1. The molecular formula is C35H50N4O6. The van der Waals surface area contributed by atoms with Crippen LogP contribution in [-0.4, -0.2) is 96.1 Å². The monoisotopic (exact) mass is 622 g/mol. The van der Waals surface area contributed by atoms with Gasteiger partial charge in [0.05, 0.1) is 13.2 Å². The predicted molar refractivity (Wildman–Crippen MR) is 173 cm³/mol. The maximum Gasteiger partial charge on any atom is 0.253 e. The van der Waals surface area contributed by atoms with Crippen LogP contribution in [-0.2, 0) is 16.1 Å². The van der Waals surface area contributed by atoms with Crippen molar-refractivity contribution in [2.24, 2.45) is 5.92 Å². The van der Waals surface area contributed by atoms with Crippen LogP contribution >= 0.6 is 0 Å². The van der Waals surface area contributed by atoms with Gasteiger partial charge in [-0.15, -0.1) is 0 Å². The maximum atomic E-state index is 13.8. The summed E-state index contributed by atoms with van der Waals surface area (Å²) in [6.07, 6.45) is 3.45. The average molecular weight is 623 g/mol. The number of nitrogens with zero attached hydrogens (tertiary/aromatic N) is 3. The second-order valence-corrected chi connectivity index (χ2v) is 12.5. The van der Waals surface area contributed by atoms with Gasteiger partial charge in [0, 0.05) is 45.8 Å². The lowest BCUT2D eigenvalue weighted by Gasteiger charge is -2.52. The molecular weight excluding hydrogens is 572 g/mol. The van der Waals surface area contributed by atoms with E-state index in [0.717, 1.165) is 31.2 Å². The summed E-state index contributed by atoms with van der Waals surface area (Å²) in [5.74, 6) is 1.20. The number of rotatable bonds is 13. The van der Waals surface area contributed by atoms with Gasteiger partial charge in [0.25, 0.3) is 5.91 Å². The Kier molecular flexibility index (Phi) is 11.5. The fourth-order valence-corrected chi connectivity index (χ4v) is 6.52. The lowest BCUT2D eigenvalue weighted by Crippen LogP contribution is -2.75. The summed E-state index contributed by atoms with van der Waals surface area (Å²) >= 11 is 0. The average Bonchev–Trinajstić information content (AvgIpc) is 3.05. The molecule has 45 heavy (non-hydrogen) atoms. The molecule has 10 nitrogen and oxygen atoms in total. The molecule has 10 heteroatoms. The number of hydrogen-bond donors (Lipinski definition) is 2. The quantitative estimate of drug-likeness (QED) is 0.340. The molecule has 2 heterocycles. The highest BCUT2D eigenvalue weighted by Crippen LogP contribution is 2.36. The van der Waals surface area contributed by atoms with Crippen molar-refractivity contribution in [1.29, 1.82) is 0 Å². The van der Waals surface area contributed by atoms with Crippen molar-refractivity contribution in [2.75, 3.05) is 40.8 Å². The number of methoxy groups -OCH3 is 1. The molecule has 0 unspecified atom stereocenters. The van der Waals surface area contributed by atoms with Crippen LogP contribution in [0.2, 0.25) is 0 Å². The molecule has 0 aromatic heterocycles. The number of hydrogen-bond acceptors (Lipinski definition) is 7. The summed E-state index contributed by atoms with van der Waals surface area (Å²) in [5, 5.41) is 14.0. The summed E-state index contributed by atoms with van der Waals surface area (Å²) in [6, 6.07) is 12.1. The number of carbonyl (C=O) groups excluding carboxylic acids is 3. The van der Waals surface area contributed by atoms with Crippen molar-refractivity contribution in [3.05, 3.63) is 53.6 Å². The van der Waals surface area contributed by atoms with Gasteiger partial charge in [0.2, 0.25) is 11.8 Å². The number of aliphatic hydroxyl groups excluding tert-OH is 1. The number of piperazine rings is 1. The Morgan fingerprint density at radius 3 is 2.29 bits per heavy atom. The Labute approximate surface area is 267 Å². The van der Waals surface area contributed by atoms with E-state index in [1.165, 1.54) is 4.90 Å². The van der Waals surface area contributed by atoms with E-state index < -0.39 is 17.7 Å². The van der Waals surface area contributed by atoms with Crippen molar-refractivity contribution in [3.63, 3.8) is 0 Å². The van der Waals surface area contributed by atoms with Crippen molar-refractivity contribution in [3.8, 4) is 17.2 Å². The molecule has 2 N–H and O–H groups in total. The molecule has 2 atom stereocenters. The third kappa shape index (κ3) is 7.44. The molecule has 246 valence electrons. The van der Waals surface area contributed by atoms with Gasteiger partial charge in [-0.1, -0.05) is 52.2 Å². The summed E-state index contributed by atoms with van der Waals surface area (Å²) < 4.78 is 11.5. The van der Waals surface area contributed by atoms with Crippen molar-refractivity contribution < 1.29 is 29.0 Å². The molecule has 0 radical (unpaired) electrons. The number of aliphatic hydroxyl groups is 1. The van der Waals surface area contributed by atoms with Crippen LogP contribution in [0.15, 0.2) is 42.5 Å². The zero-order chi connectivity index (χ0) is 32.7. The van der Waals surface area contributed by atoms with Crippen LogP contribution in [0.3, 0.4) is 0 Å². The second-order valence-electron chi connectivity index (χ2n) is 12.5. The minimum Gasteiger partial charge on any atom is -0.493 e. The minimum absolute atomic E-state index is 0.0405. The summed E-state index contributed by atoms with van der Waals surface area (Å²) in [7, 11) is 4.95. The lowest BCUT2D eigenvalue weighted by molar-refractivity contribution is -0.165. The van der Waals surface area contributed by atoms with Gasteiger partial charge in [-0.05, 0) is 61.1 Å². The Balaban J connectivity index is 1.40. The first-order chi connectivity index (χ1) is 21.6. The molecule has 0 saturated carbocycles. The van der Waals surface area contributed by atoms with Crippen LogP contribution in [0.4, 0.5) is 0 Å². The highest BCUT2D eigenvalue weighted by atomic mass is 16.5. The zero-order valence-electron chi connectivity index (χ0n) is 27.7. The first-order valence-electron chi connectivity index (χ1n) is 16.3. The number of likely N-dealkylation sites (tertiary alicyclic amines) is 1. The van der Waals surface area contributed by atoms with Gasteiger partial charge < -0.3 is 29.7 Å². The van der Waals surface area contributed by atoms with E-state index in [4.69, 9.17) is 9.47 Å². The molecule has 2 fully saturated rings. The SMILES string of the molecule is CCCCN1C(=O)[C@@H]([C@H](O)C(CC)CC)NC(=O)C12CCN(Cc1ccc(Oc3ccc(C(=O)N(C)C)cc3OC)cc1)CC2. The molecule has 2 aliphatic heterocycles. The molecule has 1 spiro atoms. The van der Waals surface area contributed by atoms with Gasteiger partial charge in [0.1, 0.15) is 17.3 Å². The Bertz CT molecular complexity index is 1320. The minimum atomic E-state index is -0.891. The standard InChI is InChI=1S/C35H50N4O6/c1-7-10-19-39-33(42)30(31(40)25(8-2)9-3)36-34(43)35(39)17-20-38(21-18-35)23-24-11-14-27(15-12-24)45-28-16-13-26(22-29(28)44-6)32(41)37(4)5/h11-16,22,25,30-31,40H,7-10,17-21,23H2,1-6H3,(H,36,43)/t30-,31-/m1/s1. The van der Waals surface area contributed by atoms with Crippen LogP contribution in [0.5, 0.6) is 17.2 Å². The van der Waals surface area contributed by atoms with Crippen LogP contribution in [0.25, 0.3) is 0 Å². The Hall–Kier alpha value is -3.63. The molecule has 2 aromatic rings. The smallest absolute Gasteiger partial charge is 0.253 e. The van der Waals surface area contributed by atoms with E-state index in [2.05, 4.69) is 17.1 Å². The number of carbonyl (C=O) groups is 3. The van der Waals surface area contributed by atoms with E-state index in [1.807, 2.05) is 38.1 Å². The summed E-state index contributed by atoms with van der Waals surface area (Å²) in [5.41, 5.74) is 0.749. The number of benzene rings is 2. The lowest BCUT2D eigenvalue weighted by atomic mass is 9.79. The molecule has 0 aliphatic carbocycles. The highest BCUT2D eigenvalue weighted by molar-refractivity contribution is 6.00. The van der Waals surface area contributed by atoms with Gasteiger partial charge in [0.15, 0.2) is 11.5 Å². The normalized spacial score (nSPS) is 19.0. The number of piperidine rings is 1. The largest absolute Gasteiger partial charge is 0.493 e. The first-order valence-corrected chi connectivity index (χ1v) is 16.3. The number of unbranched alkanes of at least 4 members (excludes halogenated alkanes) is 1. The number of amides is 3. The second kappa shape index (κ2) is 15.1. The highest BCUT2D eigenvalue weighted by Gasteiger charge is 2.55. The molecule has 2 saturated heterocycles. The third-order valence-electron chi connectivity index (χ3n) is 9.42. The molecule has 2 aromatic carbocycles. The van der Waals surface area contributed by atoms with Crippen LogP contribution in [0, 0.1) is 5.92 Å². The van der Waals surface area contributed by atoms with Gasteiger partial charge in [-0.3, -0.25) is 19.3 Å². The number of ether oxygens (including phenoxy) is 2. The van der Waals surface area contributed by atoms with E-state index in [-0.39, 0.29) is 23.6 Å². The zero-order valence-corrected chi connectivity index (χ0v) is 27.7. The van der Waals surface area contributed by atoms with E-state index in [0.29, 0.717) is 61.8 Å². The Morgan fingerprint density at radius 1 is 1.04 bits per heavy atom. The molecule has 4 rings (SSSR count). The van der Waals surface area contributed by atoms with Crippen LogP contribution < -0.4 is 14.8 Å². The van der Waals surface area contributed by atoms with E-state index >= 15 is 0 Å². The van der Waals surface area contributed by atoms with E-state index in [1.54, 1.807) is 44.3 Å². The topological polar surface area (TPSA) is 112 Å². The molecule has 0 bridgehead atoms. The first kappa shape index (κ1) is 34.2. The van der Waals surface area contributed by atoms with Crippen LogP contribution in [0.1, 0.15) is 75.2 Å². The van der Waals surface area contributed by atoms with Crippen molar-refractivity contribution in [2.45, 2.75) is 83.5 Å². The fraction of sp³-hybridized carbons (Fsp3) is 0.571. The van der Waals surface area contributed by atoms with Crippen molar-refractivity contribution in [1.82, 2.24) is 20.0 Å². The summed E-state index contributed by atoms with van der Waals surface area (Å²) in [6.45, 7) is 8.68. The molecule has 2 aliphatic rings. The van der Waals surface area contributed by atoms with Gasteiger partial charge in [-0.25, -0.2) is 0 Å². The molecule has 3 amide bonds. The van der Waals surface area contributed by atoms with E-state index in [9.17, 15) is 19.5 Å². The third-order valence-corrected chi connectivity index (χ3v) is 9.42. The van der Waals surface area contributed by atoms with Gasteiger partial charge in [-0.2, -0.15) is 0 Å². The fourth-order valence-electron chi connectivity index (χ4n) is 6.52. The van der Waals surface area contributed by atoms with Crippen molar-refractivity contribution >= 4 is 17.7 Å².